The highest BCUT2D eigenvalue weighted by atomic mass is 19.1. The normalized spacial score (nSPS) is 11.5. The molecule has 0 radical (unpaired) electrons. The highest BCUT2D eigenvalue weighted by Gasteiger charge is 2.23. The molecule has 4 aromatic rings. The number of pyridine rings is 1. The fourth-order valence-corrected chi connectivity index (χ4v) is 4.08. The number of aromatic nitrogens is 1. The molecule has 4 nitrogen and oxygen atoms in total. The van der Waals surface area contributed by atoms with Crippen molar-refractivity contribution in [3.05, 3.63) is 93.9 Å². The third-order valence-electron chi connectivity index (χ3n) is 5.91. The van der Waals surface area contributed by atoms with Gasteiger partial charge in [-0.2, -0.15) is 0 Å². The van der Waals surface area contributed by atoms with E-state index >= 15 is 0 Å². The van der Waals surface area contributed by atoms with Crippen molar-refractivity contribution in [2.75, 3.05) is 7.11 Å². The summed E-state index contributed by atoms with van der Waals surface area (Å²) in [5.74, 6) is 0.764. The summed E-state index contributed by atoms with van der Waals surface area (Å²) >= 11 is 0. The van der Waals surface area contributed by atoms with Crippen LogP contribution in [0.4, 0.5) is 4.39 Å². The lowest BCUT2D eigenvalue weighted by atomic mass is 9.84. The van der Waals surface area contributed by atoms with Crippen LogP contribution in [0.25, 0.3) is 28.2 Å². The van der Waals surface area contributed by atoms with E-state index in [2.05, 4.69) is 38.4 Å². The summed E-state index contributed by atoms with van der Waals surface area (Å²) in [4.78, 5) is 16.7. The molecule has 0 fully saturated rings. The van der Waals surface area contributed by atoms with E-state index in [0.717, 1.165) is 22.2 Å². The Morgan fingerprint density at radius 1 is 1.00 bits per heavy atom. The van der Waals surface area contributed by atoms with Crippen molar-refractivity contribution in [1.29, 1.82) is 0 Å². The molecule has 0 aliphatic heterocycles. The topological polar surface area (TPSA) is 51.3 Å². The molecule has 4 rings (SSSR count). The number of ether oxygens (including phenoxy) is 2. The standard InChI is InChI=1S/C29H28FNO3/c1-7-20-27(31-22-11-9-8-10-21(22)28(20)32)26-17(2)14-18(29(3,4)5)15-25(26)34-23-13-12-19(30)16-24(23)33-6/h7-16H,1H2,2-6H3,(H,31,32). The van der Waals surface area contributed by atoms with Crippen LogP contribution in [-0.4, -0.2) is 12.1 Å². The van der Waals surface area contributed by atoms with Gasteiger partial charge in [-0.3, -0.25) is 4.79 Å². The van der Waals surface area contributed by atoms with E-state index < -0.39 is 5.82 Å². The molecular formula is C29H28FNO3. The predicted molar refractivity (Wildman–Crippen MR) is 137 cm³/mol. The summed E-state index contributed by atoms with van der Waals surface area (Å²) in [7, 11) is 1.47. The minimum absolute atomic E-state index is 0.107. The zero-order valence-corrected chi connectivity index (χ0v) is 20.1. The number of hydrogen-bond donors (Lipinski definition) is 1. The Kier molecular flexibility index (Phi) is 6.05. The van der Waals surface area contributed by atoms with E-state index in [1.165, 1.54) is 25.3 Å². The second-order valence-corrected chi connectivity index (χ2v) is 9.31. The van der Waals surface area contributed by atoms with E-state index in [1.54, 1.807) is 12.1 Å². The van der Waals surface area contributed by atoms with Gasteiger partial charge in [0.15, 0.2) is 16.9 Å². The van der Waals surface area contributed by atoms with Crippen LogP contribution < -0.4 is 14.9 Å². The van der Waals surface area contributed by atoms with Gasteiger partial charge in [-0.15, -0.1) is 0 Å². The Bertz CT molecular complexity index is 1460. The molecule has 0 saturated carbocycles. The van der Waals surface area contributed by atoms with Gasteiger partial charge < -0.3 is 14.5 Å². The number of benzene rings is 3. The summed E-state index contributed by atoms with van der Waals surface area (Å²) < 4.78 is 25.5. The number of aromatic amines is 1. The minimum atomic E-state index is -0.420. The van der Waals surface area contributed by atoms with Crippen molar-refractivity contribution in [3.63, 3.8) is 0 Å². The molecule has 0 aliphatic carbocycles. The van der Waals surface area contributed by atoms with Crippen LogP contribution >= 0.6 is 0 Å². The predicted octanol–water partition coefficient (Wildman–Crippen LogP) is 7.38. The summed E-state index contributed by atoms with van der Waals surface area (Å²) in [6, 6.07) is 15.6. The summed E-state index contributed by atoms with van der Waals surface area (Å²) in [5.41, 5.74) is 4.27. The maximum Gasteiger partial charge on any atom is 0.197 e. The van der Waals surface area contributed by atoms with Crippen LogP contribution in [0.15, 0.2) is 66.0 Å². The average molecular weight is 458 g/mol. The van der Waals surface area contributed by atoms with E-state index in [0.29, 0.717) is 28.1 Å². The quantitative estimate of drug-likeness (QED) is 0.340. The van der Waals surface area contributed by atoms with Crippen molar-refractivity contribution in [2.45, 2.75) is 33.1 Å². The number of halogens is 1. The number of rotatable bonds is 5. The summed E-state index contributed by atoms with van der Waals surface area (Å²) in [5, 5.41) is 0.591. The first-order valence-electron chi connectivity index (χ1n) is 11.1. The van der Waals surface area contributed by atoms with E-state index in [-0.39, 0.29) is 16.6 Å². The second-order valence-electron chi connectivity index (χ2n) is 9.31. The SMILES string of the molecule is C=Cc1c(-c2c(C)cc(C(C)(C)C)cc2Oc2ccc(F)cc2OC)[nH]c2ccccc2c1=O. The van der Waals surface area contributed by atoms with Gasteiger partial charge in [-0.05, 0) is 53.8 Å². The highest BCUT2D eigenvalue weighted by Crippen LogP contribution is 2.42. The molecule has 0 saturated heterocycles. The molecule has 0 bridgehead atoms. The van der Waals surface area contributed by atoms with Gasteiger partial charge in [-0.1, -0.05) is 51.6 Å². The van der Waals surface area contributed by atoms with Crippen molar-refractivity contribution < 1.29 is 13.9 Å². The van der Waals surface area contributed by atoms with Crippen LogP contribution in [0.1, 0.15) is 37.5 Å². The number of aryl methyl sites for hydroxylation is 1. The number of nitrogens with one attached hydrogen (secondary N) is 1. The molecule has 174 valence electrons. The molecule has 0 unspecified atom stereocenters. The first-order chi connectivity index (χ1) is 16.1. The molecule has 1 aromatic heterocycles. The Labute approximate surface area is 198 Å². The summed E-state index contributed by atoms with van der Waals surface area (Å²) in [6.07, 6.45) is 1.57. The zero-order valence-electron chi connectivity index (χ0n) is 20.1. The molecule has 1 N–H and O–H groups in total. The van der Waals surface area contributed by atoms with Gasteiger partial charge in [0.25, 0.3) is 0 Å². The van der Waals surface area contributed by atoms with Crippen LogP contribution in [0.5, 0.6) is 17.2 Å². The van der Waals surface area contributed by atoms with Gasteiger partial charge in [0, 0.05) is 28.1 Å². The van der Waals surface area contributed by atoms with Crippen LogP contribution in [0.2, 0.25) is 0 Å². The third-order valence-corrected chi connectivity index (χ3v) is 5.91. The number of H-pyrrole nitrogens is 1. The Balaban J connectivity index is 2.04. The number of methoxy groups -OCH3 is 1. The van der Waals surface area contributed by atoms with Crippen LogP contribution in [0.3, 0.4) is 0 Å². The van der Waals surface area contributed by atoms with Gasteiger partial charge in [0.1, 0.15) is 11.6 Å². The molecule has 0 amide bonds. The van der Waals surface area contributed by atoms with Gasteiger partial charge >= 0.3 is 0 Å². The first kappa shape index (κ1) is 23.3. The molecule has 0 aliphatic rings. The molecule has 5 heteroatoms. The Hall–Kier alpha value is -3.86. The van der Waals surface area contributed by atoms with Crippen molar-refractivity contribution in [2.24, 2.45) is 0 Å². The molecule has 1 heterocycles. The lowest BCUT2D eigenvalue weighted by Crippen LogP contribution is -2.13. The van der Waals surface area contributed by atoms with Crippen molar-refractivity contribution in [3.8, 4) is 28.5 Å². The molecular weight excluding hydrogens is 429 g/mol. The van der Waals surface area contributed by atoms with E-state index in [4.69, 9.17) is 9.47 Å². The average Bonchev–Trinajstić information content (AvgIpc) is 2.79. The Morgan fingerprint density at radius 2 is 1.74 bits per heavy atom. The van der Waals surface area contributed by atoms with E-state index in [9.17, 15) is 9.18 Å². The molecule has 0 atom stereocenters. The number of para-hydroxylation sites is 1. The largest absolute Gasteiger partial charge is 0.493 e. The molecule has 34 heavy (non-hydrogen) atoms. The molecule has 3 aromatic carbocycles. The lowest BCUT2D eigenvalue weighted by molar-refractivity contribution is 0.375. The first-order valence-corrected chi connectivity index (χ1v) is 11.1. The molecule has 0 spiro atoms. The minimum Gasteiger partial charge on any atom is -0.493 e. The second kappa shape index (κ2) is 8.82. The van der Waals surface area contributed by atoms with Gasteiger partial charge in [-0.25, -0.2) is 4.39 Å². The number of fused-ring (bicyclic) bond motifs is 1. The lowest BCUT2D eigenvalue weighted by Gasteiger charge is -2.24. The smallest absolute Gasteiger partial charge is 0.197 e. The van der Waals surface area contributed by atoms with Crippen molar-refractivity contribution in [1.82, 2.24) is 4.98 Å². The number of hydrogen-bond acceptors (Lipinski definition) is 3. The van der Waals surface area contributed by atoms with Gasteiger partial charge in [0.05, 0.1) is 12.8 Å². The maximum absolute atomic E-state index is 13.8. The van der Waals surface area contributed by atoms with Gasteiger partial charge in [0.2, 0.25) is 0 Å². The van der Waals surface area contributed by atoms with Crippen molar-refractivity contribution >= 4 is 17.0 Å². The fourth-order valence-electron chi connectivity index (χ4n) is 4.08. The maximum atomic E-state index is 13.8. The van der Waals surface area contributed by atoms with E-state index in [1.807, 2.05) is 31.2 Å². The Morgan fingerprint density at radius 3 is 2.41 bits per heavy atom. The fraction of sp³-hybridized carbons (Fsp3) is 0.207. The van der Waals surface area contributed by atoms with Crippen LogP contribution in [0, 0.1) is 12.7 Å². The van der Waals surface area contributed by atoms with Crippen LogP contribution in [-0.2, 0) is 5.41 Å². The summed E-state index contributed by atoms with van der Waals surface area (Å²) in [6.45, 7) is 12.3. The monoisotopic (exact) mass is 457 g/mol. The highest BCUT2D eigenvalue weighted by molar-refractivity contribution is 5.88. The zero-order chi connectivity index (χ0) is 24.6. The third kappa shape index (κ3) is 4.21.